The van der Waals surface area contributed by atoms with Crippen LogP contribution in [0.2, 0.25) is 0 Å². The number of likely N-dealkylation sites (tertiary alicyclic amines) is 1. The molecule has 0 bridgehead atoms. The van der Waals surface area contributed by atoms with Crippen LogP contribution in [0.25, 0.3) is 0 Å². The number of nitrogens with zero attached hydrogens (tertiary/aromatic N) is 1. The van der Waals surface area contributed by atoms with Crippen molar-refractivity contribution >= 4 is 5.91 Å². The minimum Gasteiger partial charge on any atom is -0.395 e. The van der Waals surface area contributed by atoms with E-state index in [9.17, 15) is 23.1 Å². The number of nitrogens with one attached hydrogen (secondary N) is 1. The zero-order valence-electron chi connectivity index (χ0n) is 12.8. The SMILES string of the molecule is O=C(NCCCCN1CCCC1CO)c1cc(F)c(F)c(F)c1. The molecular formula is C16H21F3N2O2. The largest absolute Gasteiger partial charge is 0.395 e. The van der Waals surface area contributed by atoms with Crippen LogP contribution in [0.1, 0.15) is 36.0 Å². The molecule has 1 fully saturated rings. The first-order valence-electron chi connectivity index (χ1n) is 7.80. The van der Waals surface area contributed by atoms with Crippen LogP contribution in [0.15, 0.2) is 12.1 Å². The number of unbranched alkanes of at least 4 members (excludes halogenated alkanes) is 1. The van der Waals surface area contributed by atoms with Gasteiger partial charge in [-0.2, -0.15) is 0 Å². The Morgan fingerprint density at radius 3 is 2.61 bits per heavy atom. The number of hydrogen-bond acceptors (Lipinski definition) is 3. The number of halogens is 3. The summed E-state index contributed by atoms with van der Waals surface area (Å²) in [5.41, 5.74) is -0.235. The molecule has 1 aromatic carbocycles. The van der Waals surface area contributed by atoms with Crippen molar-refractivity contribution < 1.29 is 23.1 Å². The van der Waals surface area contributed by atoms with E-state index in [2.05, 4.69) is 10.2 Å². The lowest BCUT2D eigenvalue weighted by molar-refractivity contribution is 0.0951. The molecule has 1 aromatic rings. The van der Waals surface area contributed by atoms with Crippen molar-refractivity contribution in [3.63, 3.8) is 0 Å². The number of carbonyl (C=O) groups excluding carboxylic acids is 1. The fraction of sp³-hybridized carbons (Fsp3) is 0.562. The molecule has 7 heteroatoms. The first-order chi connectivity index (χ1) is 11.0. The Labute approximate surface area is 133 Å². The number of benzene rings is 1. The molecule has 2 N–H and O–H groups in total. The second-order valence-corrected chi connectivity index (χ2v) is 5.73. The maximum absolute atomic E-state index is 13.1. The van der Waals surface area contributed by atoms with E-state index in [1.807, 2.05) is 0 Å². The van der Waals surface area contributed by atoms with Gasteiger partial charge in [0.15, 0.2) is 17.5 Å². The molecule has 1 atom stereocenters. The van der Waals surface area contributed by atoms with Crippen molar-refractivity contribution in [2.75, 3.05) is 26.2 Å². The first kappa shape index (κ1) is 17.7. The van der Waals surface area contributed by atoms with Crippen LogP contribution in [0, 0.1) is 17.5 Å². The van der Waals surface area contributed by atoms with Gasteiger partial charge in [-0.15, -0.1) is 0 Å². The Bertz CT molecular complexity index is 531. The van der Waals surface area contributed by atoms with Crippen LogP contribution in [-0.2, 0) is 0 Å². The van der Waals surface area contributed by atoms with Gasteiger partial charge in [0.1, 0.15) is 0 Å². The molecule has 128 valence electrons. The topological polar surface area (TPSA) is 52.6 Å². The van der Waals surface area contributed by atoms with Gasteiger partial charge in [0.05, 0.1) is 6.61 Å². The Hall–Kier alpha value is -1.60. The Morgan fingerprint density at radius 2 is 1.96 bits per heavy atom. The van der Waals surface area contributed by atoms with E-state index in [4.69, 9.17) is 0 Å². The number of rotatable bonds is 7. The van der Waals surface area contributed by atoms with E-state index in [1.165, 1.54) is 0 Å². The summed E-state index contributed by atoms with van der Waals surface area (Å²) in [6.45, 7) is 2.36. The summed E-state index contributed by atoms with van der Waals surface area (Å²) in [7, 11) is 0. The third-order valence-corrected chi connectivity index (χ3v) is 4.11. The predicted molar refractivity (Wildman–Crippen MR) is 79.6 cm³/mol. The normalized spacial score (nSPS) is 18.3. The van der Waals surface area contributed by atoms with Crippen molar-refractivity contribution in [1.29, 1.82) is 0 Å². The van der Waals surface area contributed by atoms with Crippen molar-refractivity contribution in [3.8, 4) is 0 Å². The van der Waals surface area contributed by atoms with Gasteiger partial charge in [-0.3, -0.25) is 9.69 Å². The molecule has 1 unspecified atom stereocenters. The van der Waals surface area contributed by atoms with E-state index in [0.717, 1.165) is 32.4 Å². The van der Waals surface area contributed by atoms with Crippen molar-refractivity contribution in [2.24, 2.45) is 0 Å². The maximum atomic E-state index is 13.1. The van der Waals surface area contributed by atoms with Crippen LogP contribution < -0.4 is 5.32 Å². The molecule has 1 amide bonds. The highest BCUT2D eigenvalue weighted by molar-refractivity contribution is 5.94. The molecule has 0 radical (unpaired) electrons. The molecule has 0 aliphatic carbocycles. The summed E-state index contributed by atoms with van der Waals surface area (Å²) in [4.78, 5) is 14.0. The molecule has 1 heterocycles. The summed E-state index contributed by atoms with van der Waals surface area (Å²) in [6, 6.07) is 1.60. The van der Waals surface area contributed by atoms with Gasteiger partial charge < -0.3 is 10.4 Å². The molecule has 1 aliphatic heterocycles. The third-order valence-electron chi connectivity index (χ3n) is 4.11. The van der Waals surface area contributed by atoms with Gasteiger partial charge in [0, 0.05) is 18.2 Å². The summed E-state index contributed by atoms with van der Waals surface area (Å²) in [5, 5.41) is 11.8. The molecule has 4 nitrogen and oxygen atoms in total. The highest BCUT2D eigenvalue weighted by atomic mass is 19.2. The Morgan fingerprint density at radius 1 is 1.26 bits per heavy atom. The number of aliphatic hydroxyl groups excluding tert-OH is 1. The van der Waals surface area contributed by atoms with Gasteiger partial charge in [-0.1, -0.05) is 0 Å². The minimum absolute atomic E-state index is 0.165. The summed E-state index contributed by atoms with van der Waals surface area (Å²) in [5.74, 6) is -4.96. The van der Waals surface area contributed by atoms with Crippen molar-refractivity contribution in [2.45, 2.75) is 31.7 Å². The summed E-state index contributed by atoms with van der Waals surface area (Å²) < 4.78 is 39.0. The van der Waals surface area contributed by atoms with Crippen molar-refractivity contribution in [3.05, 3.63) is 35.1 Å². The lowest BCUT2D eigenvalue weighted by atomic mass is 10.2. The number of aliphatic hydroxyl groups is 1. The second kappa shape index (κ2) is 8.31. The highest BCUT2D eigenvalue weighted by Gasteiger charge is 2.22. The van der Waals surface area contributed by atoms with Gasteiger partial charge in [-0.05, 0) is 50.9 Å². The number of amides is 1. The van der Waals surface area contributed by atoms with E-state index >= 15 is 0 Å². The molecule has 23 heavy (non-hydrogen) atoms. The molecule has 1 aliphatic rings. The maximum Gasteiger partial charge on any atom is 0.251 e. The average Bonchev–Trinajstić information content (AvgIpc) is 2.99. The molecule has 2 rings (SSSR count). The zero-order chi connectivity index (χ0) is 16.8. The van der Waals surface area contributed by atoms with Gasteiger partial charge in [0.2, 0.25) is 0 Å². The lowest BCUT2D eigenvalue weighted by Crippen LogP contribution is -2.33. The lowest BCUT2D eigenvalue weighted by Gasteiger charge is -2.22. The third kappa shape index (κ3) is 4.68. The molecule has 1 saturated heterocycles. The minimum atomic E-state index is -1.58. The predicted octanol–water partition coefficient (Wildman–Crippen LogP) is 2.07. The van der Waals surface area contributed by atoms with Crippen LogP contribution in [0.5, 0.6) is 0 Å². The van der Waals surface area contributed by atoms with Gasteiger partial charge in [0.25, 0.3) is 5.91 Å². The first-order valence-corrected chi connectivity index (χ1v) is 7.80. The van der Waals surface area contributed by atoms with E-state index < -0.39 is 23.4 Å². The zero-order valence-corrected chi connectivity index (χ0v) is 12.8. The monoisotopic (exact) mass is 330 g/mol. The summed E-state index contributed by atoms with van der Waals surface area (Å²) in [6.07, 6.45) is 3.66. The molecule has 0 aromatic heterocycles. The second-order valence-electron chi connectivity index (χ2n) is 5.73. The molecule has 0 saturated carbocycles. The van der Waals surface area contributed by atoms with Gasteiger partial charge in [-0.25, -0.2) is 13.2 Å². The fourth-order valence-electron chi connectivity index (χ4n) is 2.83. The van der Waals surface area contributed by atoms with Crippen LogP contribution in [0.4, 0.5) is 13.2 Å². The molecular weight excluding hydrogens is 309 g/mol. The van der Waals surface area contributed by atoms with Crippen LogP contribution in [-0.4, -0.2) is 48.2 Å². The Kier molecular flexibility index (Phi) is 6.41. The Balaban J connectivity index is 1.71. The van der Waals surface area contributed by atoms with Gasteiger partial charge >= 0.3 is 0 Å². The average molecular weight is 330 g/mol. The fourth-order valence-corrected chi connectivity index (χ4v) is 2.83. The van der Waals surface area contributed by atoms with Crippen LogP contribution in [0.3, 0.4) is 0 Å². The standard InChI is InChI=1S/C16H21F3N2O2/c17-13-8-11(9-14(18)15(13)19)16(23)20-5-1-2-6-21-7-3-4-12(21)10-22/h8-9,12,22H,1-7,10H2,(H,20,23). The van der Waals surface area contributed by atoms with Crippen molar-refractivity contribution in [1.82, 2.24) is 10.2 Å². The smallest absolute Gasteiger partial charge is 0.251 e. The molecule has 0 spiro atoms. The highest BCUT2D eigenvalue weighted by Crippen LogP contribution is 2.17. The quantitative estimate of drug-likeness (QED) is 0.594. The number of carbonyl (C=O) groups is 1. The summed E-state index contributed by atoms with van der Waals surface area (Å²) >= 11 is 0. The van der Waals surface area contributed by atoms with E-state index in [-0.39, 0.29) is 18.2 Å². The number of hydrogen-bond donors (Lipinski definition) is 2. The van der Waals surface area contributed by atoms with Crippen LogP contribution >= 0.6 is 0 Å². The van der Waals surface area contributed by atoms with E-state index in [1.54, 1.807) is 0 Å². The van der Waals surface area contributed by atoms with E-state index in [0.29, 0.717) is 25.1 Å².